The Bertz CT molecular complexity index is 546. The van der Waals surface area contributed by atoms with Crippen LogP contribution in [-0.2, 0) is 4.74 Å². The number of anilines is 1. The van der Waals surface area contributed by atoms with Crippen molar-refractivity contribution in [3.8, 4) is 0 Å². The minimum absolute atomic E-state index is 0.0665. The second-order valence-electron chi connectivity index (χ2n) is 4.34. The number of nitrogens with two attached hydrogens (primary N) is 1. The number of rotatable bonds is 1. The summed E-state index contributed by atoms with van der Waals surface area (Å²) < 4.78 is 8.62. The number of halogens is 1. The molecular weight excluding hydrogens is 282 g/mol. The van der Waals surface area contributed by atoms with Crippen molar-refractivity contribution in [3.63, 3.8) is 0 Å². The van der Waals surface area contributed by atoms with Crippen molar-refractivity contribution in [2.75, 3.05) is 12.3 Å². The number of hydrogen-bond donors (Lipinski definition) is 1. The number of benzene rings is 1. The van der Waals surface area contributed by atoms with E-state index < -0.39 is 0 Å². The number of nitrogens with zero attached hydrogens (tertiary/aromatic N) is 2. The maximum atomic E-state index is 5.86. The molecule has 5 heteroatoms. The summed E-state index contributed by atoms with van der Waals surface area (Å²) in [6.45, 7) is 0.822. The van der Waals surface area contributed by atoms with Crippen molar-refractivity contribution in [2.24, 2.45) is 0 Å². The average molecular weight is 296 g/mol. The van der Waals surface area contributed by atoms with Gasteiger partial charge in [-0.15, -0.1) is 0 Å². The van der Waals surface area contributed by atoms with Crippen LogP contribution in [0.15, 0.2) is 22.8 Å². The third kappa shape index (κ3) is 1.93. The molecule has 1 unspecified atom stereocenters. The van der Waals surface area contributed by atoms with Gasteiger partial charge in [0.1, 0.15) is 0 Å². The van der Waals surface area contributed by atoms with Crippen molar-refractivity contribution in [2.45, 2.75) is 25.5 Å². The molecule has 0 radical (unpaired) electrons. The number of nitrogen functional groups attached to an aromatic ring is 1. The zero-order valence-electron chi connectivity index (χ0n) is 9.40. The van der Waals surface area contributed by atoms with Gasteiger partial charge in [0.15, 0.2) is 6.23 Å². The van der Waals surface area contributed by atoms with Gasteiger partial charge in [0.2, 0.25) is 0 Å². The number of ether oxygens (including phenoxy) is 1. The number of aromatic nitrogens is 2. The normalized spacial score (nSPS) is 20.9. The Hall–Kier alpha value is -1.07. The third-order valence-corrected chi connectivity index (χ3v) is 3.83. The standard InChI is InChI=1S/C12H14BrN3O/c13-9-6-11-8(5-10(9)14)7-15-16(11)12-3-1-2-4-17-12/h5-7,12H,1-4,14H2. The zero-order chi connectivity index (χ0) is 11.8. The monoisotopic (exact) mass is 295 g/mol. The van der Waals surface area contributed by atoms with Gasteiger partial charge in [-0.05, 0) is 47.3 Å². The summed E-state index contributed by atoms with van der Waals surface area (Å²) in [4.78, 5) is 0. The van der Waals surface area contributed by atoms with Crippen LogP contribution in [0.4, 0.5) is 5.69 Å². The molecule has 0 amide bonds. The molecule has 0 bridgehead atoms. The predicted molar refractivity (Wildman–Crippen MR) is 70.7 cm³/mol. The SMILES string of the molecule is Nc1cc2cnn(C3CCCCO3)c2cc1Br. The first-order valence-electron chi connectivity index (χ1n) is 5.79. The minimum atomic E-state index is 0.0665. The van der Waals surface area contributed by atoms with Crippen LogP contribution in [0.2, 0.25) is 0 Å². The van der Waals surface area contributed by atoms with Crippen molar-refractivity contribution in [3.05, 3.63) is 22.8 Å². The van der Waals surface area contributed by atoms with E-state index in [1.165, 1.54) is 6.42 Å². The van der Waals surface area contributed by atoms with Crippen molar-refractivity contribution >= 4 is 32.5 Å². The quantitative estimate of drug-likeness (QED) is 0.823. The van der Waals surface area contributed by atoms with E-state index >= 15 is 0 Å². The van der Waals surface area contributed by atoms with Gasteiger partial charge in [-0.1, -0.05) is 0 Å². The maximum Gasteiger partial charge on any atom is 0.150 e. The summed E-state index contributed by atoms with van der Waals surface area (Å²) >= 11 is 3.45. The lowest BCUT2D eigenvalue weighted by molar-refractivity contribution is -0.0366. The van der Waals surface area contributed by atoms with Crippen LogP contribution >= 0.6 is 15.9 Å². The lowest BCUT2D eigenvalue weighted by Crippen LogP contribution is -2.18. The van der Waals surface area contributed by atoms with Crippen molar-refractivity contribution < 1.29 is 4.74 Å². The molecule has 1 fully saturated rings. The molecule has 1 aliphatic rings. The molecule has 17 heavy (non-hydrogen) atoms. The third-order valence-electron chi connectivity index (χ3n) is 3.14. The maximum absolute atomic E-state index is 5.86. The lowest BCUT2D eigenvalue weighted by Gasteiger charge is -2.23. The van der Waals surface area contributed by atoms with E-state index in [0.29, 0.717) is 0 Å². The van der Waals surface area contributed by atoms with Crippen molar-refractivity contribution in [1.82, 2.24) is 9.78 Å². The van der Waals surface area contributed by atoms with Crippen LogP contribution in [-0.4, -0.2) is 16.4 Å². The fourth-order valence-corrected chi connectivity index (χ4v) is 2.56. The zero-order valence-corrected chi connectivity index (χ0v) is 11.0. The van der Waals surface area contributed by atoms with Crippen LogP contribution in [0.5, 0.6) is 0 Å². The van der Waals surface area contributed by atoms with E-state index in [2.05, 4.69) is 21.0 Å². The number of fused-ring (bicyclic) bond motifs is 1. The van der Waals surface area contributed by atoms with E-state index in [-0.39, 0.29) is 6.23 Å². The number of hydrogen-bond acceptors (Lipinski definition) is 3. The van der Waals surface area contributed by atoms with Gasteiger partial charge >= 0.3 is 0 Å². The Morgan fingerprint density at radius 2 is 2.29 bits per heavy atom. The second-order valence-corrected chi connectivity index (χ2v) is 5.20. The molecular formula is C12H14BrN3O. The molecule has 90 valence electrons. The van der Waals surface area contributed by atoms with E-state index in [1.807, 2.05) is 23.0 Å². The summed E-state index contributed by atoms with van der Waals surface area (Å²) in [6.07, 6.45) is 5.28. The Morgan fingerprint density at radius 3 is 3.06 bits per heavy atom. The van der Waals surface area contributed by atoms with Gasteiger partial charge < -0.3 is 10.5 Å². The summed E-state index contributed by atoms with van der Waals surface area (Å²) in [6, 6.07) is 3.95. The Kier molecular flexibility index (Phi) is 2.80. The fraction of sp³-hybridized carbons (Fsp3) is 0.417. The molecule has 2 heterocycles. The molecule has 0 spiro atoms. The highest BCUT2D eigenvalue weighted by Gasteiger charge is 2.18. The molecule has 1 atom stereocenters. The molecule has 1 aromatic carbocycles. The lowest BCUT2D eigenvalue weighted by atomic mass is 10.2. The Morgan fingerprint density at radius 1 is 1.41 bits per heavy atom. The van der Waals surface area contributed by atoms with E-state index in [4.69, 9.17) is 10.5 Å². The van der Waals surface area contributed by atoms with Gasteiger partial charge in [-0.25, -0.2) is 4.68 Å². The summed E-state index contributed by atoms with van der Waals surface area (Å²) in [5.41, 5.74) is 7.66. The first kappa shape index (κ1) is 11.0. The highest BCUT2D eigenvalue weighted by molar-refractivity contribution is 9.10. The smallest absolute Gasteiger partial charge is 0.150 e. The molecule has 3 rings (SSSR count). The van der Waals surface area contributed by atoms with E-state index in [1.54, 1.807) is 0 Å². The molecule has 1 saturated heterocycles. The van der Waals surface area contributed by atoms with E-state index in [9.17, 15) is 0 Å². The average Bonchev–Trinajstić information content (AvgIpc) is 2.74. The summed E-state index contributed by atoms with van der Waals surface area (Å²) in [5.74, 6) is 0. The molecule has 4 nitrogen and oxygen atoms in total. The molecule has 0 saturated carbocycles. The van der Waals surface area contributed by atoms with Crippen LogP contribution in [0.3, 0.4) is 0 Å². The first-order chi connectivity index (χ1) is 8.25. The Labute approximate surface area is 108 Å². The largest absolute Gasteiger partial charge is 0.398 e. The molecule has 1 aromatic heterocycles. The van der Waals surface area contributed by atoms with Crippen LogP contribution in [0.25, 0.3) is 10.9 Å². The van der Waals surface area contributed by atoms with Gasteiger partial charge in [0, 0.05) is 22.2 Å². The van der Waals surface area contributed by atoms with Gasteiger partial charge in [-0.2, -0.15) is 5.10 Å². The summed E-state index contributed by atoms with van der Waals surface area (Å²) in [7, 11) is 0. The van der Waals surface area contributed by atoms with Gasteiger partial charge in [0.05, 0.1) is 11.7 Å². The molecule has 0 aliphatic carbocycles. The minimum Gasteiger partial charge on any atom is -0.398 e. The highest BCUT2D eigenvalue weighted by Crippen LogP contribution is 2.30. The van der Waals surface area contributed by atoms with Crippen LogP contribution in [0.1, 0.15) is 25.5 Å². The fourth-order valence-electron chi connectivity index (χ4n) is 2.23. The molecule has 2 N–H and O–H groups in total. The highest BCUT2D eigenvalue weighted by atomic mass is 79.9. The van der Waals surface area contributed by atoms with Crippen LogP contribution in [0, 0.1) is 0 Å². The second kappa shape index (κ2) is 4.31. The topological polar surface area (TPSA) is 53.1 Å². The van der Waals surface area contributed by atoms with Gasteiger partial charge in [0.25, 0.3) is 0 Å². The molecule has 1 aliphatic heterocycles. The van der Waals surface area contributed by atoms with Gasteiger partial charge in [-0.3, -0.25) is 0 Å². The summed E-state index contributed by atoms with van der Waals surface area (Å²) in [5, 5.41) is 5.47. The molecule has 2 aromatic rings. The van der Waals surface area contributed by atoms with E-state index in [0.717, 1.165) is 40.5 Å². The van der Waals surface area contributed by atoms with Crippen molar-refractivity contribution in [1.29, 1.82) is 0 Å². The first-order valence-corrected chi connectivity index (χ1v) is 6.59. The Balaban J connectivity index is 2.07. The predicted octanol–water partition coefficient (Wildman–Crippen LogP) is 3.08. The van der Waals surface area contributed by atoms with Crippen LogP contribution < -0.4 is 5.73 Å².